The Hall–Kier alpha value is -1.23. The van der Waals surface area contributed by atoms with Crippen molar-refractivity contribution in [1.82, 2.24) is 0 Å². The van der Waals surface area contributed by atoms with E-state index in [0.717, 1.165) is 6.26 Å². The van der Waals surface area contributed by atoms with Gasteiger partial charge in [-0.1, -0.05) is 6.07 Å². The monoisotopic (exact) mass is 216 g/mol. The first-order chi connectivity index (χ1) is 6.47. The molecule has 0 saturated carbocycles. The first-order valence-electron chi connectivity index (χ1n) is 4.07. The minimum atomic E-state index is -2.99. The summed E-state index contributed by atoms with van der Waals surface area (Å²) in [7, 11) is -2.99. The third kappa shape index (κ3) is 4.13. The van der Waals surface area contributed by atoms with Gasteiger partial charge in [-0.25, -0.2) is 8.42 Å². The van der Waals surface area contributed by atoms with E-state index in [1.165, 1.54) is 12.1 Å². The van der Waals surface area contributed by atoms with Crippen LogP contribution in [0.2, 0.25) is 0 Å². The smallest absolute Gasteiger partial charge is 0.150 e. The number of rotatable bonds is 4. The van der Waals surface area contributed by atoms with Crippen LogP contribution < -0.4 is 4.74 Å². The fourth-order valence-corrected chi connectivity index (χ4v) is 1.27. The highest BCUT2D eigenvalue weighted by atomic mass is 32.2. The lowest BCUT2D eigenvalue weighted by Crippen LogP contribution is -2.11. The highest BCUT2D eigenvalue weighted by Crippen LogP contribution is 2.17. The van der Waals surface area contributed by atoms with Crippen molar-refractivity contribution < 1.29 is 18.3 Å². The van der Waals surface area contributed by atoms with E-state index < -0.39 is 9.84 Å². The molecule has 1 N–H and O–H groups in total. The van der Waals surface area contributed by atoms with Crippen LogP contribution in [0, 0.1) is 0 Å². The molecule has 78 valence electrons. The number of hydrogen-bond acceptors (Lipinski definition) is 4. The minimum Gasteiger partial charge on any atom is -0.508 e. The summed E-state index contributed by atoms with van der Waals surface area (Å²) in [6.07, 6.45) is 1.15. The van der Waals surface area contributed by atoms with Gasteiger partial charge in [0.05, 0.1) is 5.75 Å². The Morgan fingerprint density at radius 3 is 2.71 bits per heavy atom. The number of ether oxygens (including phenoxy) is 1. The molecule has 0 radical (unpaired) electrons. The molecule has 0 amide bonds. The predicted molar refractivity (Wildman–Crippen MR) is 53.3 cm³/mol. The molecule has 0 aliphatic rings. The second-order valence-corrected chi connectivity index (χ2v) is 5.24. The highest BCUT2D eigenvalue weighted by Gasteiger charge is 2.02. The van der Waals surface area contributed by atoms with Crippen LogP contribution in [-0.4, -0.2) is 32.1 Å². The van der Waals surface area contributed by atoms with E-state index in [9.17, 15) is 8.42 Å². The Labute approximate surface area is 83.1 Å². The zero-order chi connectivity index (χ0) is 10.6. The lowest BCUT2D eigenvalue weighted by molar-refractivity contribution is 0.338. The van der Waals surface area contributed by atoms with Gasteiger partial charge in [-0.15, -0.1) is 0 Å². The Kier molecular flexibility index (Phi) is 3.35. The molecule has 0 atom stereocenters. The Balaban J connectivity index is 2.47. The summed E-state index contributed by atoms with van der Waals surface area (Å²) in [5.41, 5.74) is 0. The largest absolute Gasteiger partial charge is 0.508 e. The summed E-state index contributed by atoms with van der Waals surface area (Å²) in [5.74, 6) is 0.540. The van der Waals surface area contributed by atoms with E-state index in [2.05, 4.69) is 0 Å². The highest BCUT2D eigenvalue weighted by molar-refractivity contribution is 7.90. The molecular formula is C9H12O4S. The third-order valence-electron chi connectivity index (χ3n) is 1.54. The fourth-order valence-electron chi connectivity index (χ4n) is 0.884. The zero-order valence-corrected chi connectivity index (χ0v) is 8.62. The lowest BCUT2D eigenvalue weighted by Gasteiger charge is -2.04. The van der Waals surface area contributed by atoms with Gasteiger partial charge >= 0.3 is 0 Å². The number of phenolic OH excluding ortho intramolecular Hbond substituents is 1. The minimum absolute atomic E-state index is 0.0251. The molecule has 0 fully saturated rings. The van der Waals surface area contributed by atoms with Crippen LogP contribution in [0.5, 0.6) is 11.5 Å². The summed E-state index contributed by atoms with van der Waals surface area (Å²) < 4.78 is 26.6. The lowest BCUT2D eigenvalue weighted by atomic mass is 10.3. The van der Waals surface area contributed by atoms with Gasteiger partial charge < -0.3 is 9.84 Å². The normalized spacial score (nSPS) is 11.2. The van der Waals surface area contributed by atoms with Crippen molar-refractivity contribution in [3.8, 4) is 11.5 Å². The molecule has 14 heavy (non-hydrogen) atoms. The molecule has 0 spiro atoms. The van der Waals surface area contributed by atoms with Crippen molar-refractivity contribution in [1.29, 1.82) is 0 Å². The summed E-state index contributed by atoms with van der Waals surface area (Å²) in [6, 6.07) is 6.23. The Morgan fingerprint density at radius 2 is 2.14 bits per heavy atom. The zero-order valence-electron chi connectivity index (χ0n) is 7.80. The number of sulfone groups is 1. The molecule has 0 aliphatic carbocycles. The van der Waals surface area contributed by atoms with E-state index in [-0.39, 0.29) is 18.1 Å². The van der Waals surface area contributed by atoms with Crippen LogP contribution in [0.1, 0.15) is 0 Å². The number of phenols is 1. The van der Waals surface area contributed by atoms with Crippen LogP contribution in [-0.2, 0) is 9.84 Å². The van der Waals surface area contributed by atoms with Crippen LogP contribution in [0.4, 0.5) is 0 Å². The Bertz CT molecular complexity index is 397. The maximum atomic E-state index is 10.8. The number of hydrogen-bond donors (Lipinski definition) is 1. The van der Waals surface area contributed by atoms with Gasteiger partial charge in [-0.3, -0.25) is 0 Å². The van der Waals surface area contributed by atoms with E-state index in [1.807, 2.05) is 0 Å². The maximum Gasteiger partial charge on any atom is 0.150 e. The van der Waals surface area contributed by atoms with Crippen molar-refractivity contribution in [3.05, 3.63) is 24.3 Å². The van der Waals surface area contributed by atoms with Gasteiger partial charge in [0.25, 0.3) is 0 Å². The molecule has 1 aromatic rings. The van der Waals surface area contributed by atoms with Crippen LogP contribution in [0.3, 0.4) is 0 Å². The summed E-state index contributed by atoms with van der Waals surface area (Å²) in [5, 5.41) is 9.07. The van der Waals surface area contributed by atoms with E-state index in [0.29, 0.717) is 5.75 Å². The SMILES string of the molecule is CS(=O)(=O)CCOc1cccc(O)c1. The number of aromatic hydroxyl groups is 1. The first kappa shape index (κ1) is 10.8. The Morgan fingerprint density at radius 1 is 1.43 bits per heavy atom. The second kappa shape index (κ2) is 4.32. The quantitative estimate of drug-likeness (QED) is 0.809. The molecule has 1 aromatic carbocycles. The van der Waals surface area contributed by atoms with Gasteiger partial charge in [0.1, 0.15) is 18.1 Å². The molecule has 0 aliphatic heterocycles. The second-order valence-electron chi connectivity index (χ2n) is 2.98. The molecule has 4 nitrogen and oxygen atoms in total. The average molecular weight is 216 g/mol. The fraction of sp³-hybridized carbons (Fsp3) is 0.333. The van der Waals surface area contributed by atoms with Crippen LogP contribution >= 0.6 is 0 Å². The van der Waals surface area contributed by atoms with E-state index in [1.54, 1.807) is 12.1 Å². The molecule has 1 rings (SSSR count). The third-order valence-corrected chi connectivity index (χ3v) is 2.45. The summed E-state index contributed by atoms with van der Waals surface area (Å²) in [4.78, 5) is 0. The summed E-state index contributed by atoms with van der Waals surface area (Å²) in [6.45, 7) is 0.0995. The van der Waals surface area contributed by atoms with Gasteiger partial charge in [-0.05, 0) is 12.1 Å². The molecule has 0 bridgehead atoms. The van der Waals surface area contributed by atoms with Crippen LogP contribution in [0.25, 0.3) is 0 Å². The van der Waals surface area contributed by atoms with Gasteiger partial charge in [0, 0.05) is 12.3 Å². The molecular weight excluding hydrogens is 204 g/mol. The van der Waals surface area contributed by atoms with E-state index >= 15 is 0 Å². The first-order valence-corrected chi connectivity index (χ1v) is 6.13. The van der Waals surface area contributed by atoms with Gasteiger partial charge in [0.15, 0.2) is 9.84 Å². The van der Waals surface area contributed by atoms with Crippen LogP contribution in [0.15, 0.2) is 24.3 Å². The molecule has 0 aromatic heterocycles. The van der Waals surface area contributed by atoms with Crippen molar-refractivity contribution in [3.63, 3.8) is 0 Å². The topological polar surface area (TPSA) is 63.6 Å². The maximum absolute atomic E-state index is 10.8. The molecule has 5 heteroatoms. The standard InChI is InChI=1S/C9H12O4S/c1-14(11,12)6-5-13-9-4-2-3-8(10)7-9/h2-4,7,10H,5-6H2,1H3. The molecule has 0 saturated heterocycles. The van der Waals surface area contributed by atoms with Crippen molar-refractivity contribution in [2.75, 3.05) is 18.6 Å². The van der Waals surface area contributed by atoms with Gasteiger partial charge in [0.2, 0.25) is 0 Å². The predicted octanol–water partition coefficient (Wildman–Crippen LogP) is 0.816. The van der Waals surface area contributed by atoms with Crippen molar-refractivity contribution >= 4 is 9.84 Å². The average Bonchev–Trinajstić information content (AvgIpc) is 2.01. The van der Waals surface area contributed by atoms with E-state index in [4.69, 9.17) is 9.84 Å². The number of benzene rings is 1. The van der Waals surface area contributed by atoms with Crippen molar-refractivity contribution in [2.45, 2.75) is 0 Å². The molecule has 0 unspecified atom stereocenters. The molecule has 0 heterocycles. The van der Waals surface area contributed by atoms with Crippen molar-refractivity contribution in [2.24, 2.45) is 0 Å². The van der Waals surface area contributed by atoms with Gasteiger partial charge in [-0.2, -0.15) is 0 Å². The summed E-state index contributed by atoms with van der Waals surface area (Å²) >= 11 is 0.